The van der Waals surface area contributed by atoms with E-state index in [0.29, 0.717) is 19.8 Å². The Bertz CT molecular complexity index is 940. The summed E-state index contributed by atoms with van der Waals surface area (Å²) < 4.78 is 42.4. The Morgan fingerprint density at radius 1 is 0.553 bits per heavy atom. The topological polar surface area (TPSA) is 61.8 Å². The second kappa shape index (κ2) is 18.5. The highest BCUT2D eigenvalue weighted by atomic mass is 32.2. The predicted octanol–water partition coefficient (Wildman–Crippen LogP) is 8.01. The van der Waals surface area contributed by atoms with Crippen LogP contribution in [0, 0.1) is 0 Å². The second-order valence-corrected chi connectivity index (χ2v) is 12.1. The summed E-state index contributed by atoms with van der Waals surface area (Å²) in [7, 11) is -3.17. The fourth-order valence-electron chi connectivity index (χ4n) is 4.84. The zero-order chi connectivity index (χ0) is 27.5. The summed E-state index contributed by atoms with van der Waals surface area (Å²) in [5, 5.41) is 0. The second-order valence-electron chi connectivity index (χ2n) is 10.00. The molecule has 0 N–H and O–H groups in total. The Kier molecular flexibility index (Phi) is 15.8. The molecule has 0 heterocycles. The van der Waals surface area contributed by atoms with Gasteiger partial charge < -0.3 is 14.2 Å². The van der Waals surface area contributed by atoms with E-state index in [1.165, 1.54) is 56.9 Å². The molecule has 0 aliphatic heterocycles. The summed E-state index contributed by atoms with van der Waals surface area (Å²) in [6.45, 7) is 7.70. The molecule has 0 spiro atoms. The van der Waals surface area contributed by atoms with Crippen LogP contribution < -0.4 is 0 Å². The third-order valence-electron chi connectivity index (χ3n) is 6.68. The van der Waals surface area contributed by atoms with Crippen molar-refractivity contribution < 1.29 is 22.6 Å². The maximum Gasteiger partial charge on any atom is 0.282 e. The number of benzene rings is 2. The summed E-state index contributed by atoms with van der Waals surface area (Å²) in [6.07, 6.45) is 12.9. The number of unbranched alkanes of at least 4 members (excludes halogenated alkanes) is 8. The minimum Gasteiger partial charge on any atom is -0.328 e. The Morgan fingerprint density at radius 3 is 1.47 bits per heavy atom. The van der Waals surface area contributed by atoms with Gasteiger partial charge in [-0.25, -0.2) is 8.42 Å². The number of ether oxygens (including phenoxy) is 3. The molecular formula is C32H50O5S. The third kappa shape index (κ3) is 13.4. The van der Waals surface area contributed by atoms with Gasteiger partial charge in [0.2, 0.25) is 0 Å². The molecule has 0 amide bonds. The molecule has 0 aliphatic carbocycles. The van der Waals surface area contributed by atoms with E-state index in [0.717, 1.165) is 30.4 Å². The van der Waals surface area contributed by atoms with Gasteiger partial charge in [-0.15, -0.1) is 0 Å². The van der Waals surface area contributed by atoms with Gasteiger partial charge in [0.25, 0.3) is 5.97 Å². The molecule has 2 aromatic rings. The Hall–Kier alpha value is -1.73. The lowest BCUT2D eigenvalue weighted by molar-refractivity contribution is -0.380. The maximum atomic E-state index is 12.5. The van der Waals surface area contributed by atoms with Crippen molar-refractivity contribution in [1.29, 1.82) is 0 Å². The van der Waals surface area contributed by atoms with E-state index in [9.17, 15) is 8.42 Å². The highest BCUT2D eigenvalue weighted by Gasteiger charge is 2.31. The van der Waals surface area contributed by atoms with Crippen molar-refractivity contribution >= 4 is 9.84 Å². The average Bonchev–Trinajstić information content (AvgIpc) is 2.89. The van der Waals surface area contributed by atoms with Crippen LogP contribution in [0.4, 0.5) is 0 Å². The third-order valence-corrected chi connectivity index (χ3v) is 8.23. The summed E-state index contributed by atoms with van der Waals surface area (Å²) in [5.41, 5.74) is 2.99. The van der Waals surface area contributed by atoms with Crippen LogP contribution in [-0.2, 0) is 42.0 Å². The Labute approximate surface area is 232 Å². The van der Waals surface area contributed by atoms with E-state index in [1.54, 1.807) is 0 Å². The van der Waals surface area contributed by atoms with Gasteiger partial charge in [-0.3, -0.25) is 0 Å². The van der Waals surface area contributed by atoms with Crippen LogP contribution in [0.2, 0.25) is 0 Å². The lowest BCUT2D eigenvalue weighted by Crippen LogP contribution is -2.39. The molecule has 38 heavy (non-hydrogen) atoms. The van der Waals surface area contributed by atoms with Gasteiger partial charge in [0.1, 0.15) is 0 Å². The molecule has 0 atom stereocenters. The van der Waals surface area contributed by atoms with E-state index < -0.39 is 15.8 Å². The Balaban J connectivity index is 1.53. The zero-order valence-corrected chi connectivity index (χ0v) is 24.8. The number of hydrogen-bond donors (Lipinski definition) is 0. The molecule has 0 aliphatic rings. The molecule has 214 valence electrons. The van der Waals surface area contributed by atoms with Gasteiger partial charge in [-0.2, -0.15) is 0 Å². The number of hydrogen-bond acceptors (Lipinski definition) is 5. The highest BCUT2D eigenvalue weighted by Crippen LogP contribution is 2.24. The van der Waals surface area contributed by atoms with Gasteiger partial charge in [0, 0.05) is 26.2 Å². The molecule has 0 aromatic heterocycles. The van der Waals surface area contributed by atoms with Crippen molar-refractivity contribution in [3.8, 4) is 0 Å². The van der Waals surface area contributed by atoms with Crippen molar-refractivity contribution in [1.82, 2.24) is 0 Å². The summed E-state index contributed by atoms with van der Waals surface area (Å²) in [5.74, 6) is -0.681. The van der Waals surface area contributed by atoms with Crippen LogP contribution in [-0.4, -0.2) is 34.2 Å². The first-order valence-electron chi connectivity index (χ1n) is 14.7. The van der Waals surface area contributed by atoms with Crippen LogP contribution in [0.5, 0.6) is 0 Å². The quantitative estimate of drug-likeness (QED) is 0.111. The minimum atomic E-state index is -3.17. The van der Waals surface area contributed by atoms with E-state index in [4.69, 9.17) is 14.2 Å². The van der Waals surface area contributed by atoms with Gasteiger partial charge in [0.15, 0.2) is 9.84 Å². The van der Waals surface area contributed by atoms with Crippen LogP contribution in [0.25, 0.3) is 0 Å². The molecule has 0 saturated heterocycles. The van der Waals surface area contributed by atoms with Crippen molar-refractivity contribution in [3.63, 3.8) is 0 Å². The summed E-state index contributed by atoms with van der Waals surface area (Å²) in [6, 6.07) is 17.5. The average molecular weight is 547 g/mol. The zero-order valence-electron chi connectivity index (χ0n) is 24.0. The Morgan fingerprint density at radius 2 is 0.974 bits per heavy atom. The largest absolute Gasteiger partial charge is 0.328 e. The molecule has 0 fully saturated rings. The van der Waals surface area contributed by atoms with E-state index in [2.05, 4.69) is 12.1 Å². The van der Waals surface area contributed by atoms with Gasteiger partial charge in [-0.1, -0.05) is 99.5 Å². The van der Waals surface area contributed by atoms with Crippen molar-refractivity contribution in [2.24, 2.45) is 0 Å². The fraction of sp³-hybridized carbons (Fsp3) is 0.625. The molecule has 2 rings (SSSR count). The first-order valence-corrected chi connectivity index (χ1v) is 16.5. The van der Waals surface area contributed by atoms with Crippen LogP contribution in [0.15, 0.2) is 54.6 Å². The maximum absolute atomic E-state index is 12.5. The monoisotopic (exact) mass is 546 g/mol. The normalized spacial score (nSPS) is 12.2. The van der Waals surface area contributed by atoms with Gasteiger partial charge in [0.05, 0.1) is 11.5 Å². The standard InChI is InChI=1S/C32H50O5S/c1-4-35-32(36-5-2,37-6-3)26-18-13-11-9-7-8-10-12-15-19-29-22-24-31(25-23-29)28-38(33,34)27-30-20-16-14-17-21-30/h14,16-17,20-25H,4-13,15,18-19,26-28H2,1-3H3. The van der Waals surface area contributed by atoms with Gasteiger partial charge in [-0.05, 0) is 56.7 Å². The summed E-state index contributed by atoms with van der Waals surface area (Å²) >= 11 is 0. The number of sulfone groups is 1. The fourth-order valence-corrected chi connectivity index (χ4v) is 6.35. The van der Waals surface area contributed by atoms with Crippen molar-refractivity contribution in [2.45, 2.75) is 109 Å². The van der Waals surface area contributed by atoms with E-state index in [-0.39, 0.29) is 11.5 Å². The lowest BCUT2D eigenvalue weighted by Gasteiger charge is -2.32. The van der Waals surface area contributed by atoms with Crippen molar-refractivity contribution in [3.05, 3.63) is 71.3 Å². The van der Waals surface area contributed by atoms with Crippen LogP contribution >= 0.6 is 0 Å². The molecule has 2 aromatic carbocycles. The SMILES string of the molecule is CCOC(CCCCCCCCCCCc1ccc(CS(=O)(=O)Cc2ccccc2)cc1)(OCC)OCC. The molecule has 0 saturated carbocycles. The van der Waals surface area contributed by atoms with E-state index >= 15 is 0 Å². The van der Waals surface area contributed by atoms with Gasteiger partial charge >= 0.3 is 0 Å². The molecule has 5 nitrogen and oxygen atoms in total. The van der Waals surface area contributed by atoms with E-state index in [1.807, 2.05) is 63.2 Å². The minimum absolute atomic E-state index is 0.0893. The smallest absolute Gasteiger partial charge is 0.282 e. The summed E-state index contributed by atoms with van der Waals surface area (Å²) in [4.78, 5) is 0. The first-order chi connectivity index (χ1) is 18.4. The lowest BCUT2D eigenvalue weighted by atomic mass is 10.0. The predicted molar refractivity (Wildman–Crippen MR) is 157 cm³/mol. The molecule has 0 unspecified atom stereocenters. The number of rotatable bonds is 22. The molecular weight excluding hydrogens is 496 g/mol. The first kappa shape index (κ1) is 32.5. The highest BCUT2D eigenvalue weighted by molar-refractivity contribution is 7.89. The molecule has 6 heteroatoms. The number of aryl methyl sites for hydroxylation is 1. The van der Waals surface area contributed by atoms with Crippen LogP contribution in [0.3, 0.4) is 0 Å². The van der Waals surface area contributed by atoms with Crippen LogP contribution in [0.1, 0.15) is 102 Å². The molecule has 0 radical (unpaired) electrons. The van der Waals surface area contributed by atoms with Crippen molar-refractivity contribution in [2.75, 3.05) is 19.8 Å². The molecule has 0 bridgehead atoms.